The van der Waals surface area contributed by atoms with E-state index < -0.39 is 0 Å². The first-order valence-corrected chi connectivity index (χ1v) is 5.92. The molecule has 1 unspecified atom stereocenters. The van der Waals surface area contributed by atoms with E-state index in [1.54, 1.807) is 0 Å². The fourth-order valence-corrected chi connectivity index (χ4v) is 1.41. The second-order valence-corrected chi connectivity index (χ2v) is 5.20. The highest BCUT2D eigenvalue weighted by Gasteiger charge is 2.36. The molecule has 1 heterocycles. The number of rotatable bonds is 6. The van der Waals surface area contributed by atoms with Crippen LogP contribution in [0.4, 0.5) is 0 Å². The Kier molecular flexibility index (Phi) is 4.56. The first-order valence-electron chi connectivity index (χ1n) is 5.92. The Morgan fingerprint density at radius 3 is 2.53 bits per heavy atom. The van der Waals surface area contributed by atoms with Gasteiger partial charge in [-0.15, -0.1) is 0 Å². The summed E-state index contributed by atoms with van der Waals surface area (Å²) in [4.78, 5) is 10.9. The van der Waals surface area contributed by atoms with E-state index in [-0.39, 0.29) is 11.0 Å². The minimum atomic E-state index is -0.191. The Bertz CT molecular complexity index is 183. The van der Waals surface area contributed by atoms with Gasteiger partial charge in [-0.3, -0.25) is 0 Å². The molecular weight excluding hydrogens is 192 g/mol. The predicted octanol–water partition coefficient (Wildman–Crippen LogP) is 2.94. The van der Waals surface area contributed by atoms with Gasteiger partial charge < -0.3 is 4.74 Å². The van der Waals surface area contributed by atoms with Crippen LogP contribution in [0.3, 0.4) is 0 Å². The monoisotopic (exact) mass is 216 g/mol. The highest BCUT2D eigenvalue weighted by molar-refractivity contribution is 4.82. The van der Waals surface area contributed by atoms with Crippen molar-refractivity contribution in [2.24, 2.45) is 5.41 Å². The molecule has 1 atom stereocenters. The molecule has 0 aromatic heterocycles. The summed E-state index contributed by atoms with van der Waals surface area (Å²) in [5, 5.41) is 0. The zero-order chi connectivity index (χ0) is 11.4. The topological polar surface area (TPSA) is 27.7 Å². The van der Waals surface area contributed by atoms with Crippen LogP contribution in [0, 0.1) is 5.41 Å². The number of hydrogen-bond donors (Lipinski definition) is 0. The average molecular weight is 216 g/mol. The second kappa shape index (κ2) is 5.28. The Balaban J connectivity index is 2.29. The maximum absolute atomic E-state index is 5.55. The average Bonchev–Trinajstić information content (AvgIpc) is 2.67. The van der Waals surface area contributed by atoms with Gasteiger partial charge in [-0.1, -0.05) is 27.7 Å². The van der Waals surface area contributed by atoms with Crippen LogP contribution in [-0.4, -0.2) is 25.4 Å². The van der Waals surface area contributed by atoms with Gasteiger partial charge >= 0.3 is 0 Å². The largest absolute Gasteiger partial charge is 0.378 e. The van der Waals surface area contributed by atoms with Crippen LogP contribution < -0.4 is 0 Å². The van der Waals surface area contributed by atoms with Crippen LogP contribution in [0.15, 0.2) is 0 Å². The molecule has 0 radical (unpaired) electrons. The number of ether oxygens (including phenoxy) is 1. The van der Waals surface area contributed by atoms with E-state index in [0.29, 0.717) is 13.2 Å². The molecule has 1 saturated heterocycles. The van der Waals surface area contributed by atoms with Crippen molar-refractivity contribution >= 4 is 0 Å². The molecule has 0 aromatic carbocycles. The second-order valence-electron chi connectivity index (χ2n) is 5.20. The summed E-state index contributed by atoms with van der Waals surface area (Å²) >= 11 is 0. The van der Waals surface area contributed by atoms with E-state index in [1.807, 2.05) is 0 Å². The summed E-state index contributed by atoms with van der Waals surface area (Å²) in [5.74, 6) is 0. The van der Waals surface area contributed by atoms with Crippen LogP contribution in [0.25, 0.3) is 0 Å². The summed E-state index contributed by atoms with van der Waals surface area (Å²) in [6, 6.07) is 0. The van der Waals surface area contributed by atoms with Gasteiger partial charge in [0.15, 0.2) is 0 Å². The molecule has 0 saturated carbocycles. The van der Waals surface area contributed by atoms with Crippen molar-refractivity contribution in [2.75, 3.05) is 19.8 Å². The van der Waals surface area contributed by atoms with Gasteiger partial charge in [0, 0.05) is 13.0 Å². The standard InChI is InChI=1S/C12H24O3/c1-5-11(3,4)9-14-15-12(6-2)7-8-13-10-12/h5-10H2,1-4H3. The van der Waals surface area contributed by atoms with Crippen molar-refractivity contribution < 1.29 is 14.5 Å². The Hall–Kier alpha value is -0.120. The molecule has 1 aliphatic heterocycles. The normalized spacial score (nSPS) is 27.2. The summed E-state index contributed by atoms with van der Waals surface area (Å²) < 4.78 is 5.36. The fourth-order valence-electron chi connectivity index (χ4n) is 1.41. The lowest BCUT2D eigenvalue weighted by Gasteiger charge is -2.28. The van der Waals surface area contributed by atoms with Crippen LogP contribution in [-0.2, 0) is 14.5 Å². The molecule has 1 rings (SSSR count). The number of hydrogen-bond acceptors (Lipinski definition) is 3. The van der Waals surface area contributed by atoms with Gasteiger partial charge in [-0.25, -0.2) is 9.78 Å². The van der Waals surface area contributed by atoms with Gasteiger partial charge in [0.2, 0.25) is 0 Å². The smallest absolute Gasteiger partial charge is 0.129 e. The summed E-state index contributed by atoms with van der Waals surface area (Å²) in [7, 11) is 0. The van der Waals surface area contributed by atoms with Crippen molar-refractivity contribution in [3.8, 4) is 0 Å². The quantitative estimate of drug-likeness (QED) is 0.504. The van der Waals surface area contributed by atoms with E-state index in [0.717, 1.165) is 25.9 Å². The molecule has 90 valence electrons. The van der Waals surface area contributed by atoms with Gasteiger partial charge in [0.05, 0.1) is 13.2 Å². The summed E-state index contributed by atoms with van der Waals surface area (Å²) in [5.41, 5.74) is -0.00177. The fraction of sp³-hybridized carbons (Fsp3) is 1.00. The Morgan fingerprint density at radius 1 is 1.33 bits per heavy atom. The van der Waals surface area contributed by atoms with Gasteiger partial charge in [-0.2, -0.15) is 0 Å². The predicted molar refractivity (Wildman–Crippen MR) is 59.6 cm³/mol. The van der Waals surface area contributed by atoms with Crippen molar-refractivity contribution in [3.63, 3.8) is 0 Å². The maximum atomic E-state index is 5.55. The summed E-state index contributed by atoms with van der Waals surface area (Å²) in [6.07, 6.45) is 2.97. The first-order chi connectivity index (χ1) is 7.04. The van der Waals surface area contributed by atoms with Crippen molar-refractivity contribution in [1.29, 1.82) is 0 Å². The lowest BCUT2D eigenvalue weighted by Crippen LogP contribution is -2.34. The van der Waals surface area contributed by atoms with E-state index in [4.69, 9.17) is 14.5 Å². The van der Waals surface area contributed by atoms with E-state index in [2.05, 4.69) is 27.7 Å². The molecule has 0 amide bonds. The maximum Gasteiger partial charge on any atom is 0.129 e. The SMILES string of the molecule is CCC(C)(C)COOC1(CC)CCOC1. The molecule has 0 spiro atoms. The molecule has 15 heavy (non-hydrogen) atoms. The highest BCUT2D eigenvalue weighted by Crippen LogP contribution is 2.28. The third-order valence-electron chi connectivity index (χ3n) is 3.35. The van der Waals surface area contributed by atoms with Crippen LogP contribution in [0.5, 0.6) is 0 Å². The first kappa shape index (κ1) is 12.9. The lowest BCUT2D eigenvalue weighted by molar-refractivity contribution is -0.370. The third kappa shape index (κ3) is 3.74. The van der Waals surface area contributed by atoms with Gasteiger partial charge in [-0.05, 0) is 18.3 Å². The Morgan fingerprint density at radius 2 is 2.07 bits per heavy atom. The van der Waals surface area contributed by atoms with Crippen molar-refractivity contribution in [1.82, 2.24) is 0 Å². The lowest BCUT2D eigenvalue weighted by atomic mass is 9.92. The molecule has 0 aliphatic carbocycles. The highest BCUT2D eigenvalue weighted by atomic mass is 17.2. The molecule has 3 heteroatoms. The van der Waals surface area contributed by atoms with E-state index in [9.17, 15) is 0 Å². The van der Waals surface area contributed by atoms with Crippen LogP contribution in [0.2, 0.25) is 0 Å². The van der Waals surface area contributed by atoms with Gasteiger partial charge in [0.1, 0.15) is 5.60 Å². The minimum Gasteiger partial charge on any atom is -0.378 e. The molecular formula is C12H24O3. The van der Waals surface area contributed by atoms with Crippen molar-refractivity contribution in [2.45, 2.75) is 52.6 Å². The molecule has 0 aromatic rings. The summed E-state index contributed by atoms with van der Waals surface area (Å²) in [6.45, 7) is 10.7. The minimum absolute atomic E-state index is 0.189. The van der Waals surface area contributed by atoms with Gasteiger partial charge in [0.25, 0.3) is 0 Å². The molecule has 1 aliphatic rings. The zero-order valence-corrected chi connectivity index (χ0v) is 10.5. The van der Waals surface area contributed by atoms with E-state index in [1.165, 1.54) is 0 Å². The van der Waals surface area contributed by atoms with Crippen molar-refractivity contribution in [3.05, 3.63) is 0 Å². The molecule has 0 bridgehead atoms. The molecule has 3 nitrogen and oxygen atoms in total. The zero-order valence-electron chi connectivity index (χ0n) is 10.5. The third-order valence-corrected chi connectivity index (χ3v) is 3.35. The van der Waals surface area contributed by atoms with Crippen LogP contribution in [0.1, 0.15) is 47.0 Å². The van der Waals surface area contributed by atoms with Crippen LogP contribution >= 0.6 is 0 Å². The van der Waals surface area contributed by atoms with E-state index >= 15 is 0 Å². The molecule has 1 fully saturated rings. The Labute approximate surface area is 93.0 Å². The molecule has 0 N–H and O–H groups in total.